The van der Waals surface area contributed by atoms with Crippen LogP contribution in [-0.2, 0) is 16.0 Å². The maximum Gasteiger partial charge on any atom is 0.415 e. The van der Waals surface area contributed by atoms with Gasteiger partial charge in [-0.05, 0) is 35.9 Å². The quantitative estimate of drug-likeness (QED) is 0.634. The molecule has 7 heteroatoms. The van der Waals surface area contributed by atoms with Crippen LogP contribution < -0.4 is 4.90 Å². The van der Waals surface area contributed by atoms with Crippen molar-refractivity contribution in [3.05, 3.63) is 71.4 Å². The van der Waals surface area contributed by atoms with Crippen LogP contribution in [0.2, 0.25) is 5.02 Å². The number of carbonyl (C=O) groups excluding carboxylic acids is 1. The predicted octanol–water partition coefficient (Wildman–Crippen LogP) is 4.12. The van der Waals surface area contributed by atoms with Crippen LogP contribution in [0.15, 0.2) is 60.8 Å². The second kappa shape index (κ2) is 7.87. The minimum absolute atomic E-state index is 0.364. The molecule has 0 N–H and O–H groups in total. The first-order valence-electron chi connectivity index (χ1n) is 10.0. The van der Waals surface area contributed by atoms with E-state index < -0.39 is 5.60 Å². The average molecular weight is 424 g/mol. The Bertz CT molecular complexity index is 1090. The second-order valence-corrected chi connectivity index (χ2v) is 8.30. The van der Waals surface area contributed by atoms with Crippen LogP contribution >= 0.6 is 11.6 Å². The summed E-state index contributed by atoms with van der Waals surface area (Å²) in [5.74, 6) is 0. The molecule has 0 aliphatic carbocycles. The summed E-state index contributed by atoms with van der Waals surface area (Å²) in [6.07, 6.45) is 1.48. The molecule has 2 aliphatic rings. The Hall–Kier alpha value is -2.67. The predicted molar refractivity (Wildman–Crippen MR) is 116 cm³/mol. The molecule has 1 atom stereocenters. The van der Waals surface area contributed by atoms with Crippen molar-refractivity contribution < 1.29 is 14.3 Å². The maximum atomic E-state index is 12.7. The van der Waals surface area contributed by atoms with Crippen molar-refractivity contribution in [3.8, 4) is 0 Å². The lowest BCUT2D eigenvalue weighted by molar-refractivity contribution is -0.0154. The van der Waals surface area contributed by atoms with E-state index in [0.717, 1.165) is 29.7 Å². The summed E-state index contributed by atoms with van der Waals surface area (Å²) in [6, 6.07) is 17.5. The van der Waals surface area contributed by atoms with Crippen molar-refractivity contribution in [1.29, 1.82) is 0 Å². The van der Waals surface area contributed by atoms with Crippen LogP contribution in [-0.4, -0.2) is 54.4 Å². The molecule has 1 spiro atoms. The lowest BCUT2D eigenvalue weighted by Crippen LogP contribution is -2.47. The summed E-state index contributed by atoms with van der Waals surface area (Å²) in [5.41, 5.74) is 2.21. The lowest BCUT2D eigenvalue weighted by atomic mass is 10.0. The lowest BCUT2D eigenvalue weighted by Gasteiger charge is -2.30. The van der Waals surface area contributed by atoms with Gasteiger partial charge in [-0.3, -0.25) is 14.8 Å². The van der Waals surface area contributed by atoms with Gasteiger partial charge in [0.25, 0.3) is 0 Å². The number of nitrogens with zero attached hydrogens (tertiary/aromatic N) is 3. The summed E-state index contributed by atoms with van der Waals surface area (Å²) >= 11 is 6.12. The molecule has 0 unspecified atom stereocenters. The van der Waals surface area contributed by atoms with Crippen LogP contribution in [0, 0.1) is 0 Å². The highest BCUT2D eigenvalue weighted by Crippen LogP contribution is 2.32. The van der Waals surface area contributed by atoms with Crippen molar-refractivity contribution in [2.75, 3.05) is 37.7 Å². The van der Waals surface area contributed by atoms with Gasteiger partial charge < -0.3 is 9.47 Å². The number of amides is 1. The standard InChI is InChI=1S/C23H22ClN3O3/c24-18-4-3-5-19(12-18)27-15-23(30-22(27)28)14-26(10-11-29-16-23)13-17-8-9-25-21-7-2-1-6-20(17)21/h1-9,12H,10-11,13-16H2/t23-/m0/s1. The van der Waals surface area contributed by atoms with Gasteiger partial charge in [0, 0.05) is 41.9 Å². The van der Waals surface area contributed by atoms with E-state index in [-0.39, 0.29) is 6.09 Å². The van der Waals surface area contributed by atoms with E-state index in [2.05, 4.69) is 22.0 Å². The summed E-state index contributed by atoms with van der Waals surface area (Å²) in [4.78, 5) is 21.1. The minimum Gasteiger partial charge on any atom is -0.437 e. The van der Waals surface area contributed by atoms with E-state index in [1.807, 2.05) is 36.5 Å². The third-order valence-electron chi connectivity index (χ3n) is 5.65. The zero-order chi connectivity index (χ0) is 20.6. The van der Waals surface area contributed by atoms with Crippen molar-refractivity contribution in [1.82, 2.24) is 9.88 Å². The first-order valence-corrected chi connectivity index (χ1v) is 10.4. The average Bonchev–Trinajstić information content (AvgIpc) is 2.94. The molecule has 2 aromatic carbocycles. The van der Waals surface area contributed by atoms with Gasteiger partial charge >= 0.3 is 6.09 Å². The third kappa shape index (κ3) is 3.74. The van der Waals surface area contributed by atoms with Gasteiger partial charge in [-0.2, -0.15) is 0 Å². The minimum atomic E-state index is -0.710. The SMILES string of the molecule is O=C1O[C@]2(COCCN(Cc3ccnc4ccccc34)C2)CN1c1cccc(Cl)c1. The van der Waals surface area contributed by atoms with Crippen LogP contribution in [0.5, 0.6) is 0 Å². The molecule has 1 aromatic heterocycles. The number of rotatable bonds is 3. The van der Waals surface area contributed by atoms with E-state index in [1.54, 1.807) is 17.0 Å². The third-order valence-corrected chi connectivity index (χ3v) is 5.89. The molecular formula is C23H22ClN3O3. The number of hydrogen-bond acceptors (Lipinski definition) is 5. The maximum absolute atomic E-state index is 12.7. The van der Waals surface area contributed by atoms with Crippen LogP contribution in [0.25, 0.3) is 10.9 Å². The summed E-state index contributed by atoms with van der Waals surface area (Å²) in [5, 5.41) is 1.73. The second-order valence-electron chi connectivity index (χ2n) is 7.87. The van der Waals surface area contributed by atoms with Crippen LogP contribution in [0.3, 0.4) is 0 Å². The fourth-order valence-corrected chi connectivity index (χ4v) is 4.46. The Balaban J connectivity index is 1.39. The summed E-state index contributed by atoms with van der Waals surface area (Å²) < 4.78 is 11.8. The van der Waals surface area contributed by atoms with Gasteiger partial charge in [0.15, 0.2) is 5.60 Å². The number of halogens is 1. The van der Waals surface area contributed by atoms with E-state index in [4.69, 9.17) is 21.1 Å². The monoisotopic (exact) mass is 423 g/mol. The highest BCUT2D eigenvalue weighted by Gasteiger charge is 2.48. The smallest absolute Gasteiger partial charge is 0.415 e. The molecule has 6 nitrogen and oxygen atoms in total. The highest BCUT2D eigenvalue weighted by atomic mass is 35.5. The molecule has 3 aromatic rings. The molecule has 154 valence electrons. The number of para-hydroxylation sites is 1. The largest absolute Gasteiger partial charge is 0.437 e. The Morgan fingerprint density at radius 3 is 2.90 bits per heavy atom. The topological polar surface area (TPSA) is 54.9 Å². The normalized spacial score (nSPS) is 22.4. The Morgan fingerprint density at radius 2 is 2.00 bits per heavy atom. The van der Waals surface area contributed by atoms with Crippen molar-refractivity contribution in [2.45, 2.75) is 12.1 Å². The van der Waals surface area contributed by atoms with Gasteiger partial charge in [-0.25, -0.2) is 4.79 Å². The summed E-state index contributed by atoms with van der Waals surface area (Å²) in [7, 11) is 0. The van der Waals surface area contributed by atoms with Crippen LogP contribution in [0.1, 0.15) is 5.56 Å². The number of pyridine rings is 1. The van der Waals surface area contributed by atoms with E-state index in [1.165, 1.54) is 5.56 Å². The Kier molecular flexibility index (Phi) is 5.06. The molecule has 0 saturated carbocycles. The first-order chi connectivity index (χ1) is 14.6. The Morgan fingerprint density at radius 1 is 1.10 bits per heavy atom. The number of carbonyl (C=O) groups is 1. The van der Waals surface area contributed by atoms with Gasteiger partial charge in [-0.1, -0.05) is 35.9 Å². The van der Waals surface area contributed by atoms with E-state index >= 15 is 0 Å². The molecule has 30 heavy (non-hydrogen) atoms. The molecule has 2 fully saturated rings. The number of hydrogen-bond donors (Lipinski definition) is 0. The number of benzene rings is 2. The fourth-order valence-electron chi connectivity index (χ4n) is 4.28. The zero-order valence-corrected chi connectivity index (χ0v) is 17.2. The van der Waals surface area contributed by atoms with Crippen LogP contribution in [0.4, 0.5) is 10.5 Å². The summed E-state index contributed by atoms with van der Waals surface area (Å²) in [6.45, 7) is 3.52. The fraction of sp³-hybridized carbons (Fsp3) is 0.304. The number of fused-ring (bicyclic) bond motifs is 1. The molecular weight excluding hydrogens is 402 g/mol. The van der Waals surface area contributed by atoms with E-state index in [0.29, 0.717) is 31.3 Å². The number of aromatic nitrogens is 1. The molecule has 0 bridgehead atoms. The zero-order valence-electron chi connectivity index (χ0n) is 16.5. The van der Waals surface area contributed by atoms with Gasteiger partial charge in [0.05, 0.1) is 25.3 Å². The highest BCUT2D eigenvalue weighted by molar-refractivity contribution is 6.30. The van der Waals surface area contributed by atoms with Gasteiger partial charge in [0.2, 0.25) is 0 Å². The molecule has 1 amide bonds. The number of anilines is 1. The molecule has 2 aliphatic heterocycles. The van der Waals surface area contributed by atoms with Crippen molar-refractivity contribution in [2.24, 2.45) is 0 Å². The number of ether oxygens (including phenoxy) is 2. The molecule has 2 saturated heterocycles. The van der Waals surface area contributed by atoms with E-state index in [9.17, 15) is 4.79 Å². The molecule has 3 heterocycles. The van der Waals surface area contributed by atoms with Gasteiger partial charge in [-0.15, -0.1) is 0 Å². The van der Waals surface area contributed by atoms with Crippen molar-refractivity contribution in [3.63, 3.8) is 0 Å². The first kappa shape index (κ1) is 19.3. The molecule has 5 rings (SSSR count). The molecule has 0 radical (unpaired) electrons. The van der Waals surface area contributed by atoms with Gasteiger partial charge in [0.1, 0.15) is 0 Å². The Labute approximate surface area is 180 Å². The van der Waals surface area contributed by atoms with Crippen molar-refractivity contribution >= 4 is 34.3 Å².